The second-order valence-electron chi connectivity index (χ2n) is 9.36. The maximum atomic E-state index is 13.8. The highest BCUT2D eigenvalue weighted by Crippen LogP contribution is 2.40. The lowest BCUT2D eigenvalue weighted by Crippen LogP contribution is -2.17. The molecule has 1 atom stereocenters. The van der Waals surface area contributed by atoms with E-state index >= 15 is 0 Å². The third kappa shape index (κ3) is 6.62. The van der Waals surface area contributed by atoms with Gasteiger partial charge in [0.1, 0.15) is 11.3 Å². The molecule has 0 radical (unpaired) electrons. The summed E-state index contributed by atoms with van der Waals surface area (Å²) >= 11 is 2.05. The quantitative estimate of drug-likeness (QED) is 0.191. The van der Waals surface area contributed by atoms with Crippen LogP contribution in [0.25, 0.3) is 11.2 Å². The van der Waals surface area contributed by atoms with Gasteiger partial charge in [-0.2, -0.15) is 0 Å². The van der Waals surface area contributed by atoms with Crippen molar-refractivity contribution in [1.29, 1.82) is 0 Å². The lowest BCUT2D eigenvalue weighted by molar-refractivity contribution is -0.117. The van der Waals surface area contributed by atoms with Crippen molar-refractivity contribution >= 4 is 75.9 Å². The summed E-state index contributed by atoms with van der Waals surface area (Å²) in [5.74, 6) is 0.417. The van der Waals surface area contributed by atoms with Crippen molar-refractivity contribution in [3.63, 3.8) is 0 Å². The molecule has 0 bridgehead atoms. The highest BCUT2D eigenvalue weighted by Gasteiger charge is 2.30. The zero-order valence-electron chi connectivity index (χ0n) is 22.0. The average molecular weight is 675 g/mol. The van der Waals surface area contributed by atoms with Gasteiger partial charge in [0.05, 0.1) is 12.1 Å². The molecule has 3 aromatic rings. The Morgan fingerprint density at radius 1 is 1.13 bits per heavy atom. The van der Waals surface area contributed by atoms with Crippen LogP contribution >= 0.6 is 36.3 Å². The molecule has 1 saturated carbocycles. The largest absolute Gasteiger partial charge is 0.381 e. The molecule has 12 heteroatoms. The maximum absolute atomic E-state index is 13.8. The van der Waals surface area contributed by atoms with Crippen molar-refractivity contribution in [3.05, 3.63) is 35.7 Å². The molecule has 0 spiro atoms. The predicted octanol–water partition coefficient (Wildman–Crippen LogP) is 7.54. The number of benzene rings is 1. The number of carbonyl (C=O) groups is 1. The molecular weight excluding hydrogens is 641 g/mol. The molecular formula is C26H34F2IN5O2P2. The summed E-state index contributed by atoms with van der Waals surface area (Å²) in [5, 5.41) is 7.55. The van der Waals surface area contributed by atoms with Crippen LogP contribution in [0.15, 0.2) is 24.3 Å². The zero-order chi connectivity index (χ0) is 27.4. The normalized spacial score (nSPS) is 16.3. The third-order valence-corrected chi connectivity index (χ3v) is 9.98. The summed E-state index contributed by atoms with van der Waals surface area (Å²) in [7, 11) is -0.454. The molecule has 2 N–H and O–H groups in total. The van der Waals surface area contributed by atoms with Gasteiger partial charge in [-0.1, -0.05) is 27.8 Å². The molecule has 7 nitrogen and oxygen atoms in total. The van der Waals surface area contributed by atoms with Gasteiger partial charge in [-0.25, -0.2) is 18.7 Å². The average Bonchev–Trinajstić information content (AvgIpc) is 3.71. The van der Waals surface area contributed by atoms with Crippen LogP contribution in [-0.2, 0) is 9.53 Å². The van der Waals surface area contributed by atoms with Gasteiger partial charge < -0.3 is 15.4 Å². The Labute approximate surface area is 238 Å². The predicted molar refractivity (Wildman–Crippen MR) is 164 cm³/mol. The fourth-order valence-corrected chi connectivity index (χ4v) is 7.40. The number of carbonyl (C=O) groups excluding carboxylic acids is 1. The van der Waals surface area contributed by atoms with Gasteiger partial charge >= 0.3 is 0 Å². The number of hydrogen-bond donors (Lipinski definition) is 2. The van der Waals surface area contributed by atoms with E-state index in [-0.39, 0.29) is 24.0 Å². The lowest BCUT2D eigenvalue weighted by Gasteiger charge is -2.24. The molecule has 1 unspecified atom stereocenters. The highest BCUT2D eigenvalue weighted by atomic mass is 127. The summed E-state index contributed by atoms with van der Waals surface area (Å²) in [6.07, 6.45) is 1.01. The van der Waals surface area contributed by atoms with Crippen LogP contribution in [0.3, 0.4) is 0 Å². The number of imidazole rings is 1. The topological polar surface area (TPSA) is 81.1 Å². The van der Waals surface area contributed by atoms with E-state index in [2.05, 4.69) is 74.2 Å². The maximum Gasteiger partial charge on any atom is 0.295 e. The summed E-state index contributed by atoms with van der Waals surface area (Å²) in [4.78, 5) is 21.3. The number of halogens is 3. The van der Waals surface area contributed by atoms with E-state index in [1.807, 2.05) is 13.8 Å². The molecule has 2 aromatic heterocycles. The van der Waals surface area contributed by atoms with E-state index in [4.69, 9.17) is 4.74 Å². The Kier molecular flexibility index (Phi) is 10.3. The number of rotatable bonds is 8. The van der Waals surface area contributed by atoms with Crippen molar-refractivity contribution in [2.24, 2.45) is 5.92 Å². The van der Waals surface area contributed by atoms with Crippen molar-refractivity contribution in [3.8, 4) is 0 Å². The first-order valence-corrected chi connectivity index (χ1v) is 19.2. The van der Waals surface area contributed by atoms with Crippen LogP contribution in [-0.4, -0.2) is 46.8 Å². The molecule has 1 aliphatic carbocycles. The fourth-order valence-electron chi connectivity index (χ4n) is 4.48. The van der Waals surface area contributed by atoms with E-state index in [0.29, 0.717) is 28.6 Å². The van der Waals surface area contributed by atoms with E-state index in [0.717, 1.165) is 44.6 Å². The number of amides is 1. The van der Waals surface area contributed by atoms with Crippen LogP contribution in [0.4, 0.5) is 26.0 Å². The molecule has 2 fully saturated rings. The molecule has 2 aliphatic rings. The number of pyridine rings is 1. The molecule has 38 heavy (non-hydrogen) atoms. The summed E-state index contributed by atoms with van der Waals surface area (Å²) in [6.45, 7) is 9.97. The Bertz CT molecular complexity index is 1280. The second-order valence-corrected chi connectivity index (χ2v) is 13.7. The Morgan fingerprint density at radius 3 is 2.45 bits per heavy atom. The van der Waals surface area contributed by atoms with E-state index in [1.165, 1.54) is 15.2 Å². The van der Waals surface area contributed by atoms with Gasteiger partial charge in [0, 0.05) is 30.9 Å². The van der Waals surface area contributed by atoms with Gasteiger partial charge in [-0.15, -0.1) is 0 Å². The third-order valence-electron chi connectivity index (χ3n) is 6.59. The van der Waals surface area contributed by atoms with E-state index < -0.39 is 14.3 Å². The Morgan fingerprint density at radius 2 is 1.84 bits per heavy atom. The number of ether oxygens (including phenoxy) is 1. The van der Waals surface area contributed by atoms with Crippen molar-refractivity contribution < 1.29 is 18.3 Å². The molecule has 1 saturated heterocycles. The van der Waals surface area contributed by atoms with Crippen molar-refractivity contribution in [2.45, 2.75) is 51.9 Å². The van der Waals surface area contributed by atoms with Gasteiger partial charge in [0.25, 0.3) is 6.43 Å². The van der Waals surface area contributed by atoms with Gasteiger partial charge in [0.15, 0.2) is 11.5 Å². The number of nitrogens with one attached hydrogen (secondary N) is 2. The molecule has 1 amide bonds. The van der Waals surface area contributed by atoms with Crippen LogP contribution < -0.4 is 15.9 Å². The van der Waals surface area contributed by atoms with Crippen molar-refractivity contribution in [1.82, 2.24) is 14.3 Å². The lowest BCUT2D eigenvalue weighted by atomic mass is 9.91. The Hall–Kier alpha value is -1.48. The van der Waals surface area contributed by atoms with Crippen LogP contribution in [0, 0.1) is 5.92 Å². The minimum atomic E-state index is -2.73. The van der Waals surface area contributed by atoms with Crippen molar-refractivity contribution in [2.75, 3.05) is 37.2 Å². The molecule has 3 heterocycles. The number of fused-ring (bicyclic) bond motifs is 1. The zero-order valence-corrected chi connectivity index (χ0v) is 26.1. The van der Waals surface area contributed by atoms with Gasteiger partial charge in [0.2, 0.25) is 5.91 Å². The second kappa shape index (κ2) is 13.2. The first-order chi connectivity index (χ1) is 18.4. The van der Waals surface area contributed by atoms with E-state index in [9.17, 15) is 13.6 Å². The summed E-state index contributed by atoms with van der Waals surface area (Å²) in [6, 6.07) is 8.19. The molecule has 206 valence electrons. The SMILES string of the molecule is CC.CP(C)c1cc(C2CCOCC2)ccc1Nc1cc(NC(=O)C2CC2)nc2c1nc(C(F)F)n2PI. The number of hydrogen-bond acceptors (Lipinski definition) is 5. The van der Waals surface area contributed by atoms with Crippen LogP contribution in [0.5, 0.6) is 0 Å². The summed E-state index contributed by atoms with van der Waals surface area (Å²) in [5.41, 5.74) is 3.49. The standard InChI is InChI=1S/C24H28F2IN5O2P2.C2H6/c1-36(2)18-11-15(13-7-9-34-10-8-13)5-6-16(18)28-17-12-19(30-24(33)14-3-4-14)29-22-20(17)31-23(21(25)26)32(22)35-27;1-2/h5-6,11-14,21,35H,3-4,7-10H2,1-2H3,(H2,28,29,30,33);1-2H3. The fraction of sp³-hybridized carbons (Fsp3) is 0.500. The smallest absolute Gasteiger partial charge is 0.295 e. The molecule has 1 aromatic carbocycles. The van der Waals surface area contributed by atoms with Crippen LogP contribution in [0.2, 0.25) is 0 Å². The van der Waals surface area contributed by atoms with Gasteiger partial charge in [-0.05, 0) is 90.0 Å². The summed E-state index contributed by atoms with van der Waals surface area (Å²) < 4.78 is 34.6. The first-order valence-electron chi connectivity index (χ1n) is 12.9. The minimum Gasteiger partial charge on any atom is -0.381 e. The monoisotopic (exact) mass is 675 g/mol. The molecule has 1 aliphatic heterocycles. The molecule has 5 rings (SSSR count). The number of nitrogens with zero attached hydrogens (tertiary/aromatic N) is 3. The minimum absolute atomic E-state index is 0.0000303. The number of anilines is 3. The van der Waals surface area contributed by atoms with E-state index in [1.54, 1.807) is 6.07 Å². The highest BCUT2D eigenvalue weighted by molar-refractivity contribution is 14.2. The number of alkyl halides is 2. The van der Waals surface area contributed by atoms with Gasteiger partial charge in [-0.3, -0.25) is 9.13 Å². The Balaban J connectivity index is 0.00000164. The first kappa shape index (κ1) is 29.5. The van der Waals surface area contributed by atoms with Crippen LogP contribution in [0.1, 0.15) is 63.3 Å². The number of aromatic nitrogens is 3.